The van der Waals surface area contributed by atoms with Crippen molar-refractivity contribution in [2.45, 2.75) is 84.2 Å². The fourth-order valence-corrected chi connectivity index (χ4v) is 3.14. The molecule has 2 atom stereocenters. The average molecular weight is 402 g/mol. The molecule has 0 rings (SSSR count). The predicted molar refractivity (Wildman–Crippen MR) is 111 cm³/mol. The number of alkyl carbamates (subject to hydrolysis) is 1. The molecule has 158 valence electrons. The van der Waals surface area contributed by atoms with Crippen molar-refractivity contribution < 1.29 is 23.5 Å². The Bertz CT molecular complexity index is 505. The highest BCUT2D eigenvalue weighted by molar-refractivity contribution is 6.74. The highest BCUT2D eigenvalue weighted by Gasteiger charge is 2.38. The van der Waals surface area contributed by atoms with Gasteiger partial charge in [-0.3, -0.25) is 4.79 Å². The lowest BCUT2D eigenvalue weighted by Crippen LogP contribution is -2.47. The average Bonchev–Trinajstić information content (AvgIpc) is 2.49. The zero-order valence-corrected chi connectivity index (χ0v) is 19.6. The van der Waals surface area contributed by atoms with E-state index in [4.69, 9.17) is 13.9 Å². The molecule has 0 fully saturated rings. The molecule has 0 aliphatic rings. The summed E-state index contributed by atoms with van der Waals surface area (Å²) in [6.07, 6.45) is 1.87. The lowest BCUT2D eigenvalue weighted by atomic mass is 9.96. The number of carbonyl (C=O) groups is 2. The molecule has 0 saturated heterocycles. The largest absolute Gasteiger partial charge is 0.469 e. The highest BCUT2D eigenvalue weighted by atomic mass is 28.4. The first-order valence-corrected chi connectivity index (χ1v) is 12.4. The number of hydrogen-bond acceptors (Lipinski definition) is 5. The van der Waals surface area contributed by atoms with Crippen LogP contribution in [0.4, 0.5) is 4.79 Å². The van der Waals surface area contributed by atoms with Crippen LogP contribution >= 0.6 is 0 Å². The van der Waals surface area contributed by atoms with Gasteiger partial charge in [0, 0.05) is 25.0 Å². The fourth-order valence-electron chi connectivity index (χ4n) is 2.10. The molecule has 27 heavy (non-hydrogen) atoms. The molecule has 0 aromatic rings. The van der Waals surface area contributed by atoms with E-state index in [0.717, 1.165) is 0 Å². The molecule has 7 heteroatoms. The Hall–Kier alpha value is -1.34. The Labute approximate surface area is 166 Å². The number of esters is 1. The second-order valence-corrected chi connectivity index (χ2v) is 14.1. The van der Waals surface area contributed by atoms with E-state index in [1.165, 1.54) is 7.11 Å². The second kappa shape index (κ2) is 10.3. The number of carbonyl (C=O) groups excluding carboxylic acids is 2. The van der Waals surface area contributed by atoms with Crippen LogP contribution in [0.3, 0.4) is 0 Å². The summed E-state index contributed by atoms with van der Waals surface area (Å²) in [6, 6.07) is -0.332. The van der Waals surface area contributed by atoms with Gasteiger partial charge in [-0.15, -0.1) is 6.58 Å². The number of methoxy groups -OCH3 is 1. The van der Waals surface area contributed by atoms with Crippen molar-refractivity contribution in [2.75, 3.05) is 13.7 Å². The van der Waals surface area contributed by atoms with Gasteiger partial charge >= 0.3 is 12.1 Å². The molecule has 2 unspecified atom stereocenters. The summed E-state index contributed by atoms with van der Waals surface area (Å²) in [5.74, 6) is -0.463. The minimum atomic E-state index is -1.94. The maximum Gasteiger partial charge on any atom is 0.407 e. The predicted octanol–water partition coefficient (Wildman–Crippen LogP) is 4.66. The van der Waals surface area contributed by atoms with Crippen molar-refractivity contribution in [3.8, 4) is 0 Å². The molecule has 0 aliphatic heterocycles. The normalized spacial score (nSPS) is 14.9. The van der Waals surface area contributed by atoms with Crippen molar-refractivity contribution in [3.63, 3.8) is 0 Å². The second-order valence-electron chi connectivity index (χ2n) is 9.34. The van der Waals surface area contributed by atoms with Gasteiger partial charge in [0.25, 0.3) is 0 Å². The van der Waals surface area contributed by atoms with Crippen molar-refractivity contribution in [1.82, 2.24) is 5.32 Å². The Morgan fingerprint density at radius 3 is 2.11 bits per heavy atom. The lowest BCUT2D eigenvalue weighted by Gasteiger charge is -2.38. The topological polar surface area (TPSA) is 73.9 Å². The maximum absolute atomic E-state index is 12.2. The summed E-state index contributed by atoms with van der Waals surface area (Å²) in [4.78, 5) is 23.8. The van der Waals surface area contributed by atoms with Crippen LogP contribution in [0.15, 0.2) is 12.7 Å². The molecule has 0 bridgehead atoms. The third-order valence-corrected chi connectivity index (χ3v) is 9.35. The summed E-state index contributed by atoms with van der Waals surface area (Å²) in [5.41, 5.74) is -0.599. The molecular weight excluding hydrogens is 362 g/mol. The quantitative estimate of drug-likeness (QED) is 0.346. The third-order valence-electron chi connectivity index (χ3n) is 4.85. The minimum absolute atomic E-state index is 0.0822. The zero-order valence-electron chi connectivity index (χ0n) is 18.6. The summed E-state index contributed by atoms with van der Waals surface area (Å²) in [5, 5.41) is 2.96. The number of hydrogen-bond donors (Lipinski definition) is 1. The fraction of sp³-hybridized carbons (Fsp3) is 0.800. The van der Waals surface area contributed by atoms with Crippen molar-refractivity contribution in [2.24, 2.45) is 5.92 Å². The third kappa shape index (κ3) is 9.96. The molecule has 0 aromatic heterocycles. The van der Waals surface area contributed by atoms with Crippen LogP contribution in [0, 0.1) is 5.92 Å². The van der Waals surface area contributed by atoms with E-state index < -0.39 is 20.0 Å². The van der Waals surface area contributed by atoms with Crippen LogP contribution in [0.2, 0.25) is 18.1 Å². The van der Waals surface area contributed by atoms with Gasteiger partial charge in [0.05, 0.1) is 7.11 Å². The first-order chi connectivity index (χ1) is 12.1. The Morgan fingerprint density at radius 1 is 1.15 bits per heavy atom. The van der Waals surface area contributed by atoms with E-state index in [2.05, 4.69) is 45.8 Å². The van der Waals surface area contributed by atoms with E-state index in [1.54, 1.807) is 6.08 Å². The van der Waals surface area contributed by atoms with Crippen molar-refractivity contribution in [1.29, 1.82) is 0 Å². The number of rotatable bonds is 9. The van der Waals surface area contributed by atoms with Crippen molar-refractivity contribution in [3.05, 3.63) is 12.7 Å². The van der Waals surface area contributed by atoms with E-state index in [0.29, 0.717) is 13.0 Å². The Kier molecular flexibility index (Phi) is 9.76. The molecule has 0 aliphatic carbocycles. The molecule has 1 N–H and O–H groups in total. The van der Waals surface area contributed by atoms with Gasteiger partial charge in [0.2, 0.25) is 0 Å². The SMILES string of the molecule is C=CC(CO[Si](C)(C)C(C)(C)C)C(CCC(=O)OC)NC(=O)OC(C)(C)C. The first-order valence-electron chi connectivity index (χ1n) is 9.46. The van der Waals surface area contributed by atoms with E-state index in [9.17, 15) is 9.59 Å². The summed E-state index contributed by atoms with van der Waals surface area (Å²) in [6.45, 7) is 20.6. The van der Waals surface area contributed by atoms with Gasteiger partial charge in [-0.25, -0.2) is 4.79 Å². The monoisotopic (exact) mass is 401 g/mol. The van der Waals surface area contributed by atoms with Crippen LogP contribution in [0.5, 0.6) is 0 Å². The molecule has 0 spiro atoms. The van der Waals surface area contributed by atoms with Gasteiger partial charge in [0.1, 0.15) is 5.60 Å². The molecule has 0 aromatic carbocycles. The van der Waals surface area contributed by atoms with Crippen LogP contribution < -0.4 is 5.32 Å². The zero-order chi connectivity index (χ0) is 21.5. The first kappa shape index (κ1) is 25.7. The van der Waals surface area contributed by atoms with Crippen LogP contribution in [-0.2, 0) is 18.7 Å². The van der Waals surface area contributed by atoms with Gasteiger partial charge in [0.15, 0.2) is 8.32 Å². The lowest BCUT2D eigenvalue weighted by molar-refractivity contribution is -0.140. The summed E-state index contributed by atoms with van der Waals surface area (Å²) < 4.78 is 16.4. The minimum Gasteiger partial charge on any atom is -0.469 e. The molecule has 1 amide bonds. The molecule has 0 radical (unpaired) electrons. The van der Waals surface area contributed by atoms with Gasteiger partial charge in [-0.2, -0.15) is 0 Å². The number of nitrogens with one attached hydrogen (secondary N) is 1. The Balaban J connectivity index is 5.19. The molecule has 6 nitrogen and oxygen atoms in total. The van der Waals surface area contributed by atoms with Gasteiger partial charge in [-0.1, -0.05) is 26.8 Å². The van der Waals surface area contributed by atoms with Crippen LogP contribution in [0.25, 0.3) is 0 Å². The summed E-state index contributed by atoms with van der Waals surface area (Å²) in [7, 11) is -0.592. The molecule has 0 saturated carbocycles. The molecule has 0 heterocycles. The maximum atomic E-state index is 12.2. The highest BCUT2D eigenvalue weighted by Crippen LogP contribution is 2.37. The van der Waals surface area contributed by atoms with E-state index in [-0.39, 0.29) is 29.4 Å². The standard InChI is InChI=1S/C20H39NO5Si/c1-11-15(14-25-27(9,10)20(5,6)7)16(12-13-17(22)24-8)21-18(23)26-19(2,3)4/h11,15-16H,1,12-14H2,2-10H3,(H,21,23). The smallest absolute Gasteiger partial charge is 0.407 e. The van der Waals surface area contributed by atoms with E-state index in [1.807, 2.05) is 20.8 Å². The van der Waals surface area contributed by atoms with Crippen molar-refractivity contribution >= 4 is 20.4 Å². The number of amides is 1. The van der Waals surface area contributed by atoms with Gasteiger partial charge in [-0.05, 0) is 45.3 Å². The van der Waals surface area contributed by atoms with E-state index >= 15 is 0 Å². The van der Waals surface area contributed by atoms with Gasteiger partial charge < -0.3 is 19.2 Å². The van der Waals surface area contributed by atoms with Crippen LogP contribution in [0.1, 0.15) is 54.4 Å². The molecular formula is C20H39NO5Si. The summed E-state index contributed by atoms with van der Waals surface area (Å²) >= 11 is 0. The van der Waals surface area contributed by atoms with Crippen LogP contribution in [-0.4, -0.2) is 45.7 Å². The Morgan fingerprint density at radius 2 is 1.70 bits per heavy atom. The number of ether oxygens (including phenoxy) is 2.